The van der Waals surface area contributed by atoms with Crippen LogP contribution in [0.4, 0.5) is 0 Å². The van der Waals surface area contributed by atoms with Gasteiger partial charge in [0.1, 0.15) is 0 Å². The van der Waals surface area contributed by atoms with Gasteiger partial charge in [-0.15, -0.1) is 0 Å². The zero-order chi connectivity index (χ0) is 14.5. The first-order valence-corrected chi connectivity index (χ1v) is 7.60. The average Bonchev–Trinajstić information content (AvgIpc) is 2.36. The molecule has 0 saturated carbocycles. The van der Waals surface area contributed by atoms with E-state index in [0.29, 0.717) is 12.1 Å². The molecule has 0 spiro atoms. The van der Waals surface area contributed by atoms with Crippen LogP contribution in [0.15, 0.2) is 24.4 Å². The summed E-state index contributed by atoms with van der Waals surface area (Å²) in [5.74, 6) is -1.91. The predicted octanol–water partition coefficient (Wildman–Crippen LogP) is 0.653. The number of rotatable bonds is 7. The lowest BCUT2D eigenvalue weighted by atomic mass is 10.1. The fourth-order valence-electron chi connectivity index (χ4n) is 1.44. The number of sulfonamides is 1. The maximum absolute atomic E-state index is 11.8. The van der Waals surface area contributed by atoms with Gasteiger partial charge in [0.15, 0.2) is 0 Å². The van der Waals surface area contributed by atoms with E-state index in [9.17, 15) is 13.2 Å². The highest BCUT2D eigenvalue weighted by molar-refractivity contribution is 7.89. The Morgan fingerprint density at radius 2 is 2.11 bits per heavy atom. The molecule has 0 aromatic carbocycles. The minimum atomic E-state index is -3.51. The third-order valence-corrected chi connectivity index (χ3v) is 4.33. The quantitative estimate of drug-likeness (QED) is 0.767. The van der Waals surface area contributed by atoms with E-state index in [0.717, 1.165) is 0 Å². The van der Waals surface area contributed by atoms with Gasteiger partial charge in [-0.3, -0.25) is 9.78 Å². The van der Waals surface area contributed by atoms with E-state index in [2.05, 4.69) is 9.71 Å². The number of hydrogen-bond donors (Lipinski definition) is 2. The molecule has 0 radical (unpaired) electrons. The molecule has 0 amide bonds. The number of carboxylic acid groups (broad SMARTS) is 1. The number of nitrogens with zero attached hydrogens (tertiary/aromatic N) is 1. The molecule has 2 unspecified atom stereocenters. The van der Waals surface area contributed by atoms with E-state index in [1.54, 1.807) is 24.4 Å². The highest BCUT2D eigenvalue weighted by Gasteiger charge is 2.23. The molecule has 1 aromatic rings. The van der Waals surface area contributed by atoms with Crippen LogP contribution in [-0.4, -0.2) is 36.3 Å². The van der Waals surface area contributed by atoms with Crippen LogP contribution in [0.1, 0.15) is 19.5 Å². The molecule has 0 saturated heterocycles. The standard InChI is InChI=1S/C12H18N2O4S/c1-9(12(15)16)10(2)14-19(17,18)8-6-11-5-3-4-7-13-11/h3-5,7,9-10,14H,6,8H2,1-2H3,(H,15,16). The molecule has 0 fully saturated rings. The summed E-state index contributed by atoms with van der Waals surface area (Å²) in [4.78, 5) is 14.8. The molecular weight excluding hydrogens is 268 g/mol. The van der Waals surface area contributed by atoms with E-state index in [1.165, 1.54) is 13.8 Å². The second-order valence-corrected chi connectivity index (χ2v) is 6.30. The Kier molecular flexibility index (Phi) is 5.44. The maximum Gasteiger partial charge on any atom is 0.307 e. The van der Waals surface area contributed by atoms with E-state index in [-0.39, 0.29) is 5.75 Å². The molecule has 2 atom stereocenters. The first kappa shape index (κ1) is 15.6. The van der Waals surface area contributed by atoms with Gasteiger partial charge in [-0.05, 0) is 19.1 Å². The summed E-state index contributed by atoms with van der Waals surface area (Å²) in [5.41, 5.74) is 0.687. The van der Waals surface area contributed by atoms with Gasteiger partial charge >= 0.3 is 5.97 Å². The van der Waals surface area contributed by atoms with Crippen LogP contribution >= 0.6 is 0 Å². The van der Waals surface area contributed by atoms with Gasteiger partial charge < -0.3 is 5.11 Å². The Morgan fingerprint density at radius 1 is 1.42 bits per heavy atom. The fourth-order valence-corrected chi connectivity index (χ4v) is 2.81. The number of hydrogen-bond acceptors (Lipinski definition) is 4. The first-order chi connectivity index (χ1) is 8.82. The summed E-state index contributed by atoms with van der Waals surface area (Å²) in [6.07, 6.45) is 1.90. The Balaban J connectivity index is 2.55. The van der Waals surface area contributed by atoms with E-state index in [4.69, 9.17) is 5.11 Å². The van der Waals surface area contributed by atoms with Gasteiger partial charge in [0.25, 0.3) is 0 Å². The molecule has 1 rings (SSSR count). The number of pyridine rings is 1. The number of carboxylic acids is 1. The van der Waals surface area contributed by atoms with E-state index < -0.39 is 28.0 Å². The third kappa shape index (κ3) is 5.35. The van der Waals surface area contributed by atoms with Gasteiger partial charge in [0, 0.05) is 24.4 Å². The van der Waals surface area contributed by atoms with Gasteiger partial charge in [-0.1, -0.05) is 13.0 Å². The minimum absolute atomic E-state index is 0.110. The summed E-state index contributed by atoms with van der Waals surface area (Å²) in [5, 5.41) is 8.81. The Morgan fingerprint density at radius 3 is 2.63 bits per heavy atom. The lowest BCUT2D eigenvalue weighted by Gasteiger charge is -2.17. The Hall–Kier alpha value is -1.47. The molecule has 0 bridgehead atoms. The Bertz CT molecular complexity index is 516. The normalized spacial score (nSPS) is 14.8. The van der Waals surface area contributed by atoms with Gasteiger partial charge in [-0.25, -0.2) is 13.1 Å². The molecule has 19 heavy (non-hydrogen) atoms. The molecule has 106 valence electrons. The lowest BCUT2D eigenvalue weighted by molar-refractivity contribution is -0.141. The fraction of sp³-hybridized carbons (Fsp3) is 0.500. The van der Waals surface area contributed by atoms with Crippen LogP contribution in [0.25, 0.3) is 0 Å². The smallest absolute Gasteiger partial charge is 0.307 e. The van der Waals surface area contributed by atoms with Gasteiger partial charge in [0.05, 0.1) is 11.7 Å². The van der Waals surface area contributed by atoms with Crippen LogP contribution in [0, 0.1) is 5.92 Å². The highest BCUT2D eigenvalue weighted by atomic mass is 32.2. The number of aryl methyl sites for hydroxylation is 1. The maximum atomic E-state index is 11.8. The van der Waals surface area contributed by atoms with Gasteiger partial charge in [0.2, 0.25) is 10.0 Å². The van der Waals surface area contributed by atoms with Crippen molar-refractivity contribution in [3.05, 3.63) is 30.1 Å². The Labute approximate surface area is 112 Å². The van der Waals surface area contributed by atoms with Crippen molar-refractivity contribution in [1.29, 1.82) is 0 Å². The summed E-state index contributed by atoms with van der Waals surface area (Å²) < 4.78 is 26.0. The van der Waals surface area contributed by atoms with Crippen LogP contribution in [0.5, 0.6) is 0 Å². The second kappa shape index (κ2) is 6.63. The molecule has 1 aromatic heterocycles. The zero-order valence-electron chi connectivity index (χ0n) is 10.9. The number of aliphatic carboxylic acids is 1. The van der Waals surface area contributed by atoms with Crippen molar-refractivity contribution in [1.82, 2.24) is 9.71 Å². The van der Waals surface area contributed by atoms with E-state index in [1.807, 2.05) is 0 Å². The molecule has 0 aliphatic carbocycles. The topological polar surface area (TPSA) is 96.4 Å². The first-order valence-electron chi connectivity index (χ1n) is 5.94. The van der Waals surface area contributed by atoms with Crippen molar-refractivity contribution in [2.45, 2.75) is 26.3 Å². The summed E-state index contributed by atoms with van der Waals surface area (Å²) in [6, 6.07) is 4.65. The van der Waals surface area contributed by atoms with Crippen LogP contribution in [0.3, 0.4) is 0 Å². The van der Waals surface area contributed by atoms with Crippen molar-refractivity contribution in [2.24, 2.45) is 5.92 Å². The molecular formula is C12H18N2O4S. The number of carbonyl (C=O) groups is 1. The molecule has 0 aliphatic rings. The van der Waals surface area contributed by atoms with Crippen LogP contribution < -0.4 is 4.72 Å². The molecule has 7 heteroatoms. The van der Waals surface area contributed by atoms with Crippen LogP contribution in [-0.2, 0) is 21.2 Å². The van der Waals surface area contributed by atoms with Crippen molar-refractivity contribution in [3.63, 3.8) is 0 Å². The zero-order valence-corrected chi connectivity index (χ0v) is 11.7. The average molecular weight is 286 g/mol. The predicted molar refractivity (Wildman–Crippen MR) is 71.1 cm³/mol. The second-order valence-electron chi connectivity index (χ2n) is 4.42. The summed E-state index contributed by atoms with van der Waals surface area (Å²) in [6.45, 7) is 3.01. The molecule has 0 aliphatic heterocycles. The summed E-state index contributed by atoms with van der Waals surface area (Å²) in [7, 11) is -3.51. The lowest BCUT2D eigenvalue weighted by Crippen LogP contribution is -2.41. The van der Waals surface area contributed by atoms with Crippen molar-refractivity contribution >= 4 is 16.0 Å². The van der Waals surface area contributed by atoms with E-state index >= 15 is 0 Å². The molecule has 2 N–H and O–H groups in total. The third-order valence-electron chi connectivity index (χ3n) is 2.86. The number of aromatic nitrogens is 1. The van der Waals surface area contributed by atoms with Gasteiger partial charge in [-0.2, -0.15) is 0 Å². The number of nitrogens with one attached hydrogen (secondary N) is 1. The highest BCUT2D eigenvalue weighted by Crippen LogP contribution is 2.05. The largest absolute Gasteiger partial charge is 0.481 e. The van der Waals surface area contributed by atoms with Crippen molar-refractivity contribution in [3.8, 4) is 0 Å². The monoisotopic (exact) mass is 286 g/mol. The SMILES string of the molecule is CC(NS(=O)(=O)CCc1ccccn1)C(C)C(=O)O. The minimum Gasteiger partial charge on any atom is -0.481 e. The summed E-state index contributed by atoms with van der Waals surface area (Å²) >= 11 is 0. The van der Waals surface area contributed by atoms with Crippen molar-refractivity contribution in [2.75, 3.05) is 5.75 Å². The van der Waals surface area contributed by atoms with Crippen LogP contribution in [0.2, 0.25) is 0 Å². The van der Waals surface area contributed by atoms with Crippen molar-refractivity contribution < 1.29 is 18.3 Å². The molecule has 6 nitrogen and oxygen atoms in total. The molecule has 1 heterocycles.